The largest absolute Gasteiger partial charge is 0.440 e. The molecule has 2 heterocycles. The molecule has 0 fully saturated rings. The third-order valence-electron chi connectivity index (χ3n) is 2.77. The summed E-state index contributed by atoms with van der Waals surface area (Å²) in [7, 11) is 1.72. The standard InChI is InChI=1S/C12H15F2N5O2/c1-7-9(10(20)16-6-12(13,14)5-15)18-11(21-7)8-3-17-19(2)4-8/h3-4H,5-6,15H2,1-2H3,(H,16,20). The first kappa shape index (κ1) is 15.1. The Hall–Kier alpha value is -2.29. The Kier molecular flexibility index (Phi) is 4.03. The Morgan fingerprint density at radius 1 is 1.57 bits per heavy atom. The fourth-order valence-corrected chi connectivity index (χ4v) is 1.63. The molecular formula is C12H15F2N5O2. The predicted octanol–water partition coefficient (Wildman–Crippen LogP) is 0.707. The van der Waals surface area contributed by atoms with E-state index in [2.05, 4.69) is 15.4 Å². The van der Waals surface area contributed by atoms with E-state index in [1.54, 1.807) is 17.9 Å². The van der Waals surface area contributed by atoms with E-state index < -0.39 is 24.9 Å². The summed E-state index contributed by atoms with van der Waals surface area (Å²) in [4.78, 5) is 15.9. The van der Waals surface area contributed by atoms with Crippen molar-refractivity contribution in [1.82, 2.24) is 20.1 Å². The summed E-state index contributed by atoms with van der Waals surface area (Å²) in [5, 5.41) is 6.05. The van der Waals surface area contributed by atoms with Gasteiger partial charge in [-0.2, -0.15) is 5.10 Å². The van der Waals surface area contributed by atoms with Crippen molar-refractivity contribution in [2.75, 3.05) is 13.1 Å². The number of alkyl halides is 2. The van der Waals surface area contributed by atoms with Crippen molar-refractivity contribution in [2.45, 2.75) is 12.8 Å². The van der Waals surface area contributed by atoms with Crippen LogP contribution in [0, 0.1) is 6.92 Å². The average Bonchev–Trinajstić information content (AvgIpc) is 3.02. The Labute approximate surface area is 119 Å². The van der Waals surface area contributed by atoms with Gasteiger partial charge in [0.1, 0.15) is 5.76 Å². The lowest BCUT2D eigenvalue weighted by Crippen LogP contribution is -2.41. The molecule has 114 valence electrons. The summed E-state index contributed by atoms with van der Waals surface area (Å²) in [6.07, 6.45) is 3.19. The molecule has 0 aliphatic rings. The molecule has 0 saturated heterocycles. The molecule has 9 heteroatoms. The second-order valence-corrected chi connectivity index (χ2v) is 4.57. The first-order valence-corrected chi connectivity index (χ1v) is 6.15. The second kappa shape index (κ2) is 5.60. The van der Waals surface area contributed by atoms with E-state index in [1.165, 1.54) is 13.1 Å². The Morgan fingerprint density at radius 2 is 2.29 bits per heavy atom. The molecule has 7 nitrogen and oxygen atoms in total. The minimum atomic E-state index is -3.15. The van der Waals surface area contributed by atoms with E-state index in [0.29, 0.717) is 5.56 Å². The number of carbonyl (C=O) groups is 1. The SMILES string of the molecule is Cc1oc(-c2cnn(C)c2)nc1C(=O)NCC(F)(F)CN. The van der Waals surface area contributed by atoms with Crippen LogP contribution in [0.3, 0.4) is 0 Å². The van der Waals surface area contributed by atoms with E-state index >= 15 is 0 Å². The van der Waals surface area contributed by atoms with E-state index in [0.717, 1.165) is 0 Å². The molecule has 3 N–H and O–H groups in total. The zero-order valence-corrected chi connectivity index (χ0v) is 11.6. The number of hydrogen-bond donors (Lipinski definition) is 2. The van der Waals surface area contributed by atoms with Crippen LogP contribution in [0.15, 0.2) is 16.8 Å². The molecule has 0 spiro atoms. The molecular weight excluding hydrogens is 284 g/mol. The fourth-order valence-electron chi connectivity index (χ4n) is 1.63. The Morgan fingerprint density at radius 3 is 2.86 bits per heavy atom. The molecule has 2 rings (SSSR count). The maximum atomic E-state index is 13.0. The van der Waals surface area contributed by atoms with Crippen molar-refractivity contribution in [3.8, 4) is 11.5 Å². The highest BCUT2D eigenvalue weighted by atomic mass is 19.3. The molecule has 2 aromatic rings. The zero-order valence-electron chi connectivity index (χ0n) is 11.6. The predicted molar refractivity (Wildman–Crippen MR) is 69.8 cm³/mol. The van der Waals surface area contributed by atoms with Crippen molar-refractivity contribution < 1.29 is 18.0 Å². The van der Waals surface area contributed by atoms with Crippen molar-refractivity contribution >= 4 is 5.91 Å². The van der Waals surface area contributed by atoms with Gasteiger partial charge in [-0.1, -0.05) is 0 Å². The van der Waals surface area contributed by atoms with Crippen molar-refractivity contribution in [3.05, 3.63) is 23.8 Å². The highest BCUT2D eigenvalue weighted by Crippen LogP contribution is 2.21. The number of halogens is 2. The van der Waals surface area contributed by atoms with Gasteiger partial charge in [0.05, 0.1) is 24.8 Å². The minimum Gasteiger partial charge on any atom is -0.440 e. The van der Waals surface area contributed by atoms with Crippen LogP contribution in [0.1, 0.15) is 16.2 Å². The molecule has 2 aromatic heterocycles. The summed E-state index contributed by atoms with van der Waals surface area (Å²) in [6, 6.07) is 0. The van der Waals surface area contributed by atoms with Gasteiger partial charge in [0.25, 0.3) is 11.8 Å². The number of oxazole rings is 1. The molecule has 0 atom stereocenters. The fraction of sp³-hybridized carbons (Fsp3) is 0.417. The second-order valence-electron chi connectivity index (χ2n) is 4.57. The average molecular weight is 299 g/mol. The van der Waals surface area contributed by atoms with Gasteiger partial charge in [0, 0.05) is 13.2 Å². The van der Waals surface area contributed by atoms with Crippen LogP contribution in [-0.4, -0.2) is 39.7 Å². The number of nitrogens with two attached hydrogens (primary N) is 1. The molecule has 0 bridgehead atoms. The third kappa shape index (κ3) is 3.43. The van der Waals surface area contributed by atoms with Gasteiger partial charge in [-0.15, -0.1) is 0 Å². The number of aromatic nitrogens is 3. The summed E-state index contributed by atoms with van der Waals surface area (Å²) < 4.78 is 32.9. The van der Waals surface area contributed by atoms with Gasteiger partial charge in [0.15, 0.2) is 5.69 Å². The summed E-state index contributed by atoms with van der Waals surface area (Å²) >= 11 is 0. The van der Waals surface area contributed by atoms with Gasteiger partial charge in [0.2, 0.25) is 5.89 Å². The maximum absolute atomic E-state index is 13.0. The van der Waals surface area contributed by atoms with E-state index in [1.807, 2.05) is 0 Å². The number of rotatable bonds is 5. The van der Waals surface area contributed by atoms with Gasteiger partial charge in [-0.05, 0) is 6.92 Å². The molecule has 0 aliphatic carbocycles. The first-order valence-electron chi connectivity index (χ1n) is 6.15. The van der Waals surface area contributed by atoms with Crippen LogP contribution in [0.4, 0.5) is 8.78 Å². The lowest BCUT2D eigenvalue weighted by molar-refractivity contribution is 0.0118. The number of nitrogens with zero attached hydrogens (tertiary/aromatic N) is 3. The van der Waals surface area contributed by atoms with Crippen LogP contribution >= 0.6 is 0 Å². The topological polar surface area (TPSA) is 99.0 Å². The normalized spacial score (nSPS) is 11.7. The Balaban J connectivity index is 2.14. The van der Waals surface area contributed by atoms with Crippen LogP contribution < -0.4 is 11.1 Å². The third-order valence-corrected chi connectivity index (χ3v) is 2.77. The van der Waals surface area contributed by atoms with E-state index in [4.69, 9.17) is 10.2 Å². The highest BCUT2D eigenvalue weighted by Gasteiger charge is 2.28. The molecule has 0 unspecified atom stereocenters. The number of nitrogens with one attached hydrogen (secondary N) is 1. The van der Waals surface area contributed by atoms with Gasteiger partial charge < -0.3 is 15.5 Å². The molecule has 0 aliphatic heterocycles. The molecule has 0 radical (unpaired) electrons. The van der Waals surface area contributed by atoms with Gasteiger partial charge in [-0.25, -0.2) is 13.8 Å². The zero-order chi connectivity index (χ0) is 15.6. The monoisotopic (exact) mass is 299 g/mol. The molecule has 1 amide bonds. The van der Waals surface area contributed by atoms with Crippen molar-refractivity contribution in [1.29, 1.82) is 0 Å². The first-order chi connectivity index (χ1) is 9.82. The smallest absolute Gasteiger partial charge is 0.277 e. The highest BCUT2D eigenvalue weighted by molar-refractivity contribution is 5.93. The van der Waals surface area contributed by atoms with Crippen molar-refractivity contribution in [3.63, 3.8) is 0 Å². The van der Waals surface area contributed by atoms with Crippen LogP contribution in [-0.2, 0) is 7.05 Å². The summed E-state index contributed by atoms with van der Waals surface area (Å²) in [6.45, 7) is -0.161. The number of carbonyl (C=O) groups excluding carboxylic acids is 1. The van der Waals surface area contributed by atoms with E-state index in [-0.39, 0.29) is 17.3 Å². The minimum absolute atomic E-state index is 0.0401. The van der Waals surface area contributed by atoms with Crippen LogP contribution in [0.5, 0.6) is 0 Å². The number of amides is 1. The van der Waals surface area contributed by atoms with Gasteiger partial charge >= 0.3 is 0 Å². The lowest BCUT2D eigenvalue weighted by Gasteiger charge is -2.13. The summed E-state index contributed by atoms with van der Waals surface area (Å²) in [5.74, 6) is -3.45. The van der Waals surface area contributed by atoms with Crippen LogP contribution in [0.2, 0.25) is 0 Å². The molecule has 0 saturated carbocycles. The van der Waals surface area contributed by atoms with Crippen LogP contribution in [0.25, 0.3) is 11.5 Å². The Bertz CT molecular complexity index is 650. The molecule has 0 aromatic carbocycles. The number of hydrogen-bond acceptors (Lipinski definition) is 5. The summed E-state index contributed by atoms with van der Waals surface area (Å²) in [5.41, 5.74) is 5.45. The molecule has 21 heavy (non-hydrogen) atoms. The van der Waals surface area contributed by atoms with Crippen molar-refractivity contribution in [2.24, 2.45) is 12.8 Å². The maximum Gasteiger partial charge on any atom is 0.277 e. The number of aryl methyl sites for hydroxylation is 2. The van der Waals surface area contributed by atoms with E-state index in [9.17, 15) is 13.6 Å². The lowest BCUT2D eigenvalue weighted by atomic mass is 10.3. The van der Waals surface area contributed by atoms with Gasteiger partial charge in [-0.3, -0.25) is 9.48 Å². The quantitative estimate of drug-likeness (QED) is 0.847.